The predicted octanol–water partition coefficient (Wildman–Crippen LogP) is 1.13. The standard InChI is InChI=1S/C16H19NO4/c1-11(14(18)21-3)12(2)16(20)10-17(15(16)19)9-13-7-5-4-6-8-13/h4-8,12,20H,1,9-10H2,2-3H3/t12-,16+/m0/s1. The number of carbonyl (C=O) groups excluding carboxylic acids is 2. The van der Waals surface area contributed by atoms with E-state index in [4.69, 9.17) is 0 Å². The van der Waals surface area contributed by atoms with Crippen LogP contribution in [0.5, 0.6) is 0 Å². The van der Waals surface area contributed by atoms with Gasteiger partial charge in [-0.1, -0.05) is 43.8 Å². The summed E-state index contributed by atoms with van der Waals surface area (Å²) in [6, 6.07) is 9.53. The number of hydrogen-bond donors (Lipinski definition) is 1. The fraction of sp³-hybridized carbons (Fsp3) is 0.375. The van der Waals surface area contributed by atoms with Gasteiger partial charge in [-0.15, -0.1) is 0 Å². The molecule has 0 radical (unpaired) electrons. The van der Waals surface area contributed by atoms with E-state index >= 15 is 0 Å². The third kappa shape index (κ3) is 2.69. The number of benzene rings is 1. The zero-order valence-electron chi connectivity index (χ0n) is 12.2. The number of β-lactam (4-membered cyclic amide) rings is 1. The summed E-state index contributed by atoms with van der Waals surface area (Å²) in [6.45, 7) is 5.84. The van der Waals surface area contributed by atoms with E-state index in [1.165, 1.54) is 7.11 Å². The zero-order chi connectivity index (χ0) is 15.6. The number of ether oxygens (including phenoxy) is 1. The number of esters is 1. The molecule has 0 saturated carbocycles. The van der Waals surface area contributed by atoms with Crippen LogP contribution in [0.3, 0.4) is 0 Å². The van der Waals surface area contributed by atoms with Crippen molar-refractivity contribution in [1.82, 2.24) is 4.90 Å². The van der Waals surface area contributed by atoms with Gasteiger partial charge >= 0.3 is 5.97 Å². The van der Waals surface area contributed by atoms with Gasteiger partial charge in [0.2, 0.25) is 0 Å². The molecule has 0 spiro atoms. The van der Waals surface area contributed by atoms with Crippen molar-refractivity contribution in [2.24, 2.45) is 5.92 Å². The van der Waals surface area contributed by atoms with E-state index in [-0.39, 0.29) is 18.0 Å². The van der Waals surface area contributed by atoms with Crippen molar-refractivity contribution in [3.8, 4) is 0 Å². The lowest BCUT2D eigenvalue weighted by molar-refractivity contribution is -0.183. The van der Waals surface area contributed by atoms with Crippen LogP contribution in [0, 0.1) is 5.92 Å². The molecule has 5 nitrogen and oxygen atoms in total. The highest BCUT2D eigenvalue weighted by molar-refractivity contribution is 5.95. The van der Waals surface area contributed by atoms with Crippen LogP contribution < -0.4 is 0 Å². The first-order valence-electron chi connectivity index (χ1n) is 6.73. The number of carbonyl (C=O) groups is 2. The summed E-state index contributed by atoms with van der Waals surface area (Å²) >= 11 is 0. The molecule has 1 aliphatic heterocycles. The van der Waals surface area contributed by atoms with E-state index in [0.29, 0.717) is 6.54 Å². The van der Waals surface area contributed by atoms with Gasteiger partial charge in [0.1, 0.15) is 0 Å². The van der Waals surface area contributed by atoms with Crippen molar-refractivity contribution < 1.29 is 19.4 Å². The van der Waals surface area contributed by atoms with Gasteiger partial charge in [-0.05, 0) is 5.56 Å². The van der Waals surface area contributed by atoms with E-state index in [0.717, 1.165) is 5.56 Å². The lowest BCUT2D eigenvalue weighted by Gasteiger charge is -2.48. The molecular formula is C16H19NO4. The summed E-state index contributed by atoms with van der Waals surface area (Å²) in [6.07, 6.45) is 0. The number of aliphatic hydroxyl groups is 1. The molecule has 0 unspecified atom stereocenters. The lowest BCUT2D eigenvalue weighted by Crippen LogP contribution is -2.69. The Morgan fingerprint density at radius 3 is 2.62 bits per heavy atom. The minimum Gasteiger partial charge on any atom is -0.466 e. The van der Waals surface area contributed by atoms with E-state index in [2.05, 4.69) is 11.3 Å². The lowest BCUT2D eigenvalue weighted by atomic mass is 9.77. The normalized spacial score (nSPS) is 22.4. The van der Waals surface area contributed by atoms with Crippen molar-refractivity contribution in [1.29, 1.82) is 0 Å². The molecule has 21 heavy (non-hydrogen) atoms. The number of likely N-dealkylation sites (tertiary alicyclic amines) is 1. The van der Waals surface area contributed by atoms with Crippen LogP contribution in [0.1, 0.15) is 12.5 Å². The molecule has 1 fully saturated rings. The molecule has 5 heteroatoms. The maximum atomic E-state index is 12.2. The highest BCUT2D eigenvalue weighted by Crippen LogP contribution is 2.35. The molecule has 1 aliphatic rings. The summed E-state index contributed by atoms with van der Waals surface area (Å²) in [5, 5.41) is 10.5. The van der Waals surface area contributed by atoms with Crippen LogP contribution >= 0.6 is 0 Å². The zero-order valence-corrected chi connectivity index (χ0v) is 12.2. The third-order valence-corrected chi connectivity index (χ3v) is 3.99. The topological polar surface area (TPSA) is 66.8 Å². The highest BCUT2D eigenvalue weighted by Gasteiger charge is 2.55. The first kappa shape index (κ1) is 15.3. The van der Waals surface area contributed by atoms with Gasteiger partial charge in [-0.3, -0.25) is 4.79 Å². The Hall–Kier alpha value is -2.14. The monoisotopic (exact) mass is 289 g/mol. The van der Waals surface area contributed by atoms with Crippen LogP contribution in [0.25, 0.3) is 0 Å². The second kappa shape index (κ2) is 5.69. The molecular weight excluding hydrogens is 270 g/mol. The van der Waals surface area contributed by atoms with Crippen LogP contribution in [0.15, 0.2) is 42.5 Å². The molecule has 1 N–H and O–H groups in total. The summed E-state index contributed by atoms with van der Waals surface area (Å²) in [5.41, 5.74) is -0.472. The minimum absolute atomic E-state index is 0.104. The largest absolute Gasteiger partial charge is 0.466 e. The number of β-amino-alcohol motifs (C(OH)–C–C–N with tert-alkyl or cyclic N) is 1. The second-order valence-electron chi connectivity index (χ2n) is 5.31. The Bertz CT molecular complexity index is 569. The third-order valence-electron chi connectivity index (χ3n) is 3.99. The van der Waals surface area contributed by atoms with Gasteiger partial charge in [0.05, 0.1) is 13.7 Å². The Morgan fingerprint density at radius 1 is 1.48 bits per heavy atom. The first-order valence-corrected chi connectivity index (χ1v) is 6.73. The summed E-state index contributed by atoms with van der Waals surface area (Å²) < 4.78 is 4.58. The summed E-state index contributed by atoms with van der Waals surface area (Å²) in [5.74, 6) is -1.67. The van der Waals surface area contributed by atoms with Gasteiger partial charge in [-0.25, -0.2) is 4.79 Å². The fourth-order valence-electron chi connectivity index (χ4n) is 2.46. The molecule has 112 valence electrons. The SMILES string of the molecule is C=C(C(=O)OC)[C@H](C)[C@]1(O)CN(Cc2ccccc2)C1=O. The van der Waals surface area contributed by atoms with Crippen molar-refractivity contribution in [2.45, 2.75) is 19.1 Å². The predicted molar refractivity (Wildman–Crippen MR) is 77.1 cm³/mol. The molecule has 2 atom stereocenters. The van der Waals surface area contributed by atoms with Gasteiger partial charge in [0, 0.05) is 18.0 Å². The summed E-state index contributed by atoms with van der Waals surface area (Å²) in [4.78, 5) is 25.2. The van der Waals surface area contributed by atoms with Crippen LogP contribution in [0.4, 0.5) is 0 Å². The smallest absolute Gasteiger partial charge is 0.333 e. The molecule has 1 aromatic carbocycles. The van der Waals surface area contributed by atoms with Crippen molar-refractivity contribution in [3.05, 3.63) is 48.0 Å². The molecule has 0 bridgehead atoms. The Kier molecular flexibility index (Phi) is 4.14. The summed E-state index contributed by atoms with van der Waals surface area (Å²) in [7, 11) is 1.24. The maximum Gasteiger partial charge on any atom is 0.333 e. The van der Waals surface area contributed by atoms with Gasteiger partial charge in [0.25, 0.3) is 5.91 Å². The fourth-order valence-corrected chi connectivity index (χ4v) is 2.46. The molecule has 0 aromatic heterocycles. The quantitative estimate of drug-likeness (QED) is 0.501. The Labute approximate surface area is 123 Å². The molecule has 2 rings (SSSR count). The van der Waals surface area contributed by atoms with Crippen molar-refractivity contribution in [3.63, 3.8) is 0 Å². The molecule has 0 aliphatic carbocycles. The van der Waals surface area contributed by atoms with E-state index in [9.17, 15) is 14.7 Å². The van der Waals surface area contributed by atoms with Gasteiger partial charge < -0.3 is 14.7 Å². The Balaban J connectivity index is 2.03. The Morgan fingerprint density at radius 2 is 2.10 bits per heavy atom. The number of amides is 1. The molecule has 1 amide bonds. The van der Waals surface area contributed by atoms with Gasteiger partial charge in [0.15, 0.2) is 5.60 Å². The second-order valence-corrected chi connectivity index (χ2v) is 5.31. The average molecular weight is 289 g/mol. The molecule has 1 saturated heterocycles. The van der Waals surface area contributed by atoms with Crippen LogP contribution in [-0.2, 0) is 20.9 Å². The molecule has 1 heterocycles. The van der Waals surface area contributed by atoms with Crippen molar-refractivity contribution >= 4 is 11.9 Å². The van der Waals surface area contributed by atoms with E-state index in [1.54, 1.807) is 11.8 Å². The number of nitrogens with zero attached hydrogens (tertiary/aromatic N) is 1. The van der Waals surface area contributed by atoms with Crippen LogP contribution in [0.2, 0.25) is 0 Å². The minimum atomic E-state index is -1.57. The molecule has 1 aromatic rings. The van der Waals surface area contributed by atoms with E-state index in [1.807, 2.05) is 30.3 Å². The maximum absolute atomic E-state index is 12.2. The first-order chi connectivity index (χ1) is 9.90. The average Bonchev–Trinajstić information content (AvgIpc) is 2.52. The number of methoxy groups -OCH3 is 1. The van der Waals surface area contributed by atoms with E-state index < -0.39 is 17.5 Å². The van der Waals surface area contributed by atoms with Gasteiger partial charge in [-0.2, -0.15) is 0 Å². The number of rotatable bonds is 5. The van der Waals surface area contributed by atoms with Crippen LogP contribution in [-0.4, -0.2) is 41.1 Å². The number of hydrogen-bond acceptors (Lipinski definition) is 4. The highest BCUT2D eigenvalue weighted by atomic mass is 16.5. The van der Waals surface area contributed by atoms with Crippen molar-refractivity contribution in [2.75, 3.05) is 13.7 Å².